The van der Waals surface area contributed by atoms with Gasteiger partial charge in [-0.15, -0.1) is 0 Å². The standard InChI is InChI=1S/C25H20F2N2O2/c1-14-4-8-18(9-5-14)28-23-22(17-7-6-15(2)16(3)12-17)24(30)29(25(23)31)19-10-11-20(26)21(27)13-19/h4-13,28H,1-3H3. The van der Waals surface area contributed by atoms with Gasteiger partial charge in [-0.1, -0.05) is 35.9 Å². The molecule has 1 N–H and O–H groups in total. The van der Waals surface area contributed by atoms with Gasteiger partial charge >= 0.3 is 0 Å². The van der Waals surface area contributed by atoms with Gasteiger partial charge in [0, 0.05) is 11.8 Å². The third kappa shape index (κ3) is 3.72. The summed E-state index contributed by atoms with van der Waals surface area (Å²) in [5, 5.41) is 3.06. The Balaban J connectivity index is 1.84. The van der Waals surface area contributed by atoms with Gasteiger partial charge in [0.2, 0.25) is 0 Å². The molecule has 6 heteroatoms. The summed E-state index contributed by atoms with van der Waals surface area (Å²) < 4.78 is 27.2. The first kappa shape index (κ1) is 20.5. The van der Waals surface area contributed by atoms with E-state index in [4.69, 9.17) is 0 Å². The normalized spacial score (nSPS) is 13.9. The summed E-state index contributed by atoms with van der Waals surface area (Å²) in [5.41, 5.74) is 4.50. The van der Waals surface area contributed by atoms with E-state index >= 15 is 0 Å². The Morgan fingerprint density at radius 3 is 2.10 bits per heavy atom. The van der Waals surface area contributed by atoms with Gasteiger partial charge in [-0.05, 0) is 61.7 Å². The number of aryl methyl sites for hydroxylation is 3. The van der Waals surface area contributed by atoms with E-state index in [1.54, 1.807) is 18.2 Å². The number of rotatable bonds is 4. The molecule has 0 aliphatic carbocycles. The van der Waals surface area contributed by atoms with Gasteiger partial charge in [-0.3, -0.25) is 9.59 Å². The van der Waals surface area contributed by atoms with Crippen molar-refractivity contribution in [3.63, 3.8) is 0 Å². The second-order valence-electron chi connectivity index (χ2n) is 7.58. The zero-order chi connectivity index (χ0) is 22.3. The Morgan fingerprint density at radius 2 is 1.45 bits per heavy atom. The first-order chi connectivity index (χ1) is 14.8. The van der Waals surface area contributed by atoms with E-state index < -0.39 is 23.4 Å². The van der Waals surface area contributed by atoms with Crippen molar-refractivity contribution < 1.29 is 18.4 Å². The number of hydrogen-bond donors (Lipinski definition) is 1. The molecule has 1 aliphatic rings. The second-order valence-corrected chi connectivity index (χ2v) is 7.58. The third-order valence-electron chi connectivity index (χ3n) is 5.36. The van der Waals surface area contributed by atoms with E-state index in [1.165, 1.54) is 6.07 Å². The highest BCUT2D eigenvalue weighted by Gasteiger charge is 2.40. The van der Waals surface area contributed by atoms with E-state index in [0.29, 0.717) is 11.3 Å². The minimum Gasteiger partial charge on any atom is -0.350 e. The fourth-order valence-electron chi connectivity index (χ4n) is 3.45. The zero-order valence-electron chi connectivity index (χ0n) is 17.3. The molecule has 156 valence electrons. The molecule has 1 heterocycles. The zero-order valence-corrected chi connectivity index (χ0v) is 17.3. The smallest absolute Gasteiger partial charge is 0.282 e. The van der Waals surface area contributed by atoms with Crippen molar-refractivity contribution in [3.8, 4) is 0 Å². The van der Waals surface area contributed by atoms with Crippen LogP contribution >= 0.6 is 0 Å². The molecular formula is C25H20F2N2O2. The van der Waals surface area contributed by atoms with Crippen molar-refractivity contribution >= 4 is 28.8 Å². The maximum atomic E-state index is 13.8. The van der Waals surface area contributed by atoms with Crippen molar-refractivity contribution in [2.75, 3.05) is 10.2 Å². The van der Waals surface area contributed by atoms with Crippen molar-refractivity contribution in [1.29, 1.82) is 0 Å². The maximum absolute atomic E-state index is 13.8. The summed E-state index contributed by atoms with van der Waals surface area (Å²) in [6.45, 7) is 5.81. The van der Waals surface area contributed by atoms with Crippen molar-refractivity contribution in [1.82, 2.24) is 0 Å². The summed E-state index contributed by atoms with van der Waals surface area (Å²) in [4.78, 5) is 27.5. The first-order valence-electron chi connectivity index (χ1n) is 9.75. The molecule has 0 radical (unpaired) electrons. The van der Waals surface area contributed by atoms with Crippen LogP contribution in [0.3, 0.4) is 0 Å². The molecule has 4 nitrogen and oxygen atoms in total. The summed E-state index contributed by atoms with van der Waals surface area (Å²) >= 11 is 0. The fraction of sp³-hybridized carbons (Fsp3) is 0.120. The van der Waals surface area contributed by atoms with Crippen LogP contribution < -0.4 is 10.2 Å². The quantitative estimate of drug-likeness (QED) is 0.586. The predicted molar refractivity (Wildman–Crippen MR) is 116 cm³/mol. The van der Waals surface area contributed by atoms with E-state index in [9.17, 15) is 18.4 Å². The Bertz CT molecular complexity index is 1250. The fourth-order valence-corrected chi connectivity index (χ4v) is 3.45. The number of hydrogen-bond acceptors (Lipinski definition) is 3. The summed E-state index contributed by atoms with van der Waals surface area (Å²) in [7, 11) is 0. The predicted octanol–water partition coefficient (Wildman–Crippen LogP) is 5.29. The molecule has 4 rings (SSSR count). The first-order valence-corrected chi connectivity index (χ1v) is 9.75. The van der Waals surface area contributed by atoms with E-state index in [-0.39, 0.29) is 17.0 Å². The summed E-state index contributed by atoms with van der Waals surface area (Å²) in [6.07, 6.45) is 0. The molecule has 0 spiro atoms. The van der Waals surface area contributed by atoms with Crippen LogP contribution in [0.4, 0.5) is 20.2 Å². The number of nitrogens with one attached hydrogen (secondary N) is 1. The van der Waals surface area contributed by atoms with Gasteiger partial charge in [0.1, 0.15) is 5.70 Å². The molecule has 0 saturated carbocycles. The van der Waals surface area contributed by atoms with Gasteiger partial charge in [0.05, 0.1) is 11.3 Å². The maximum Gasteiger partial charge on any atom is 0.282 e. The van der Waals surface area contributed by atoms with E-state index in [0.717, 1.165) is 33.7 Å². The molecule has 0 bridgehead atoms. The van der Waals surface area contributed by atoms with Crippen molar-refractivity contribution in [3.05, 3.63) is 100 Å². The number of anilines is 2. The molecule has 1 aliphatic heterocycles. The van der Waals surface area contributed by atoms with Gasteiger partial charge in [0.25, 0.3) is 11.8 Å². The minimum atomic E-state index is -1.13. The number of carbonyl (C=O) groups excluding carboxylic acids is 2. The Hall–Kier alpha value is -3.80. The van der Waals surface area contributed by atoms with Crippen LogP contribution in [0.25, 0.3) is 5.57 Å². The lowest BCUT2D eigenvalue weighted by molar-refractivity contribution is -0.120. The lowest BCUT2D eigenvalue weighted by Crippen LogP contribution is -2.32. The second kappa shape index (κ2) is 7.80. The average Bonchev–Trinajstić information content (AvgIpc) is 2.98. The number of nitrogens with zero attached hydrogens (tertiary/aromatic N) is 1. The van der Waals surface area contributed by atoms with Crippen LogP contribution in [-0.4, -0.2) is 11.8 Å². The monoisotopic (exact) mass is 418 g/mol. The summed E-state index contributed by atoms with van der Waals surface area (Å²) in [6, 6.07) is 15.8. The van der Waals surface area contributed by atoms with E-state index in [2.05, 4.69) is 5.32 Å². The summed E-state index contributed by atoms with van der Waals surface area (Å²) in [5.74, 6) is -3.42. The molecular weight excluding hydrogens is 398 g/mol. The Labute approximate surface area is 178 Å². The molecule has 0 fully saturated rings. The Kier molecular flexibility index (Phi) is 5.15. The minimum absolute atomic E-state index is 0.0315. The number of amides is 2. The van der Waals surface area contributed by atoms with Crippen molar-refractivity contribution in [2.24, 2.45) is 0 Å². The number of halogens is 2. The lowest BCUT2D eigenvalue weighted by Gasteiger charge is -2.15. The SMILES string of the molecule is Cc1ccc(NC2=C(c3ccc(C)c(C)c3)C(=O)N(c3ccc(F)c(F)c3)C2=O)cc1. The van der Waals surface area contributed by atoms with Crippen LogP contribution in [0.5, 0.6) is 0 Å². The molecule has 31 heavy (non-hydrogen) atoms. The number of imide groups is 1. The highest BCUT2D eigenvalue weighted by molar-refractivity contribution is 6.46. The topological polar surface area (TPSA) is 49.4 Å². The molecule has 2 amide bonds. The van der Waals surface area contributed by atoms with Crippen LogP contribution in [0.1, 0.15) is 22.3 Å². The lowest BCUT2D eigenvalue weighted by atomic mass is 9.99. The van der Waals surface area contributed by atoms with Gasteiger partial charge < -0.3 is 5.32 Å². The molecule has 0 unspecified atom stereocenters. The average molecular weight is 418 g/mol. The number of carbonyl (C=O) groups is 2. The largest absolute Gasteiger partial charge is 0.350 e. The van der Waals surface area contributed by atoms with Crippen LogP contribution in [0.15, 0.2) is 66.4 Å². The molecule has 0 atom stereocenters. The molecule has 3 aromatic rings. The van der Waals surface area contributed by atoms with Gasteiger partial charge in [0.15, 0.2) is 11.6 Å². The van der Waals surface area contributed by atoms with Gasteiger partial charge in [-0.2, -0.15) is 0 Å². The van der Waals surface area contributed by atoms with E-state index in [1.807, 2.05) is 45.0 Å². The molecule has 3 aromatic carbocycles. The molecule has 0 aromatic heterocycles. The highest BCUT2D eigenvalue weighted by Crippen LogP contribution is 2.34. The molecule has 0 saturated heterocycles. The van der Waals surface area contributed by atoms with Gasteiger partial charge in [-0.25, -0.2) is 13.7 Å². The van der Waals surface area contributed by atoms with Crippen LogP contribution in [-0.2, 0) is 9.59 Å². The van der Waals surface area contributed by atoms with Crippen molar-refractivity contribution in [2.45, 2.75) is 20.8 Å². The Morgan fingerprint density at radius 1 is 0.742 bits per heavy atom. The third-order valence-corrected chi connectivity index (χ3v) is 5.36. The van der Waals surface area contributed by atoms with Crippen LogP contribution in [0, 0.1) is 32.4 Å². The number of benzene rings is 3. The highest BCUT2D eigenvalue weighted by atomic mass is 19.2. The van der Waals surface area contributed by atoms with Crippen LogP contribution in [0.2, 0.25) is 0 Å².